The van der Waals surface area contributed by atoms with Crippen molar-refractivity contribution in [3.05, 3.63) is 29.8 Å². The smallest absolute Gasteiger partial charge is 0.253 e. The zero-order valence-electron chi connectivity index (χ0n) is 15.2. The maximum absolute atomic E-state index is 12.7. The van der Waals surface area contributed by atoms with Crippen molar-refractivity contribution in [2.45, 2.75) is 37.6 Å². The number of carbonyl (C=O) groups is 1. The van der Waals surface area contributed by atoms with Crippen molar-refractivity contribution in [3.8, 4) is 0 Å². The number of rotatable bonds is 5. The van der Waals surface area contributed by atoms with Crippen LogP contribution in [-0.2, 0) is 10.0 Å². The van der Waals surface area contributed by atoms with E-state index in [9.17, 15) is 13.2 Å². The third-order valence-corrected chi connectivity index (χ3v) is 6.73. The molecule has 6 nitrogen and oxygen atoms in total. The van der Waals surface area contributed by atoms with Gasteiger partial charge in [0.05, 0.1) is 4.90 Å². The van der Waals surface area contributed by atoms with E-state index in [2.05, 4.69) is 4.72 Å². The summed E-state index contributed by atoms with van der Waals surface area (Å²) in [6.07, 6.45) is 2.14. The molecule has 1 saturated heterocycles. The average molecular weight is 402 g/mol. The molecule has 3 atom stereocenters. The molecule has 1 aliphatic carbocycles. The van der Waals surface area contributed by atoms with Crippen LogP contribution < -0.4 is 10.5 Å². The third-order valence-electron chi connectivity index (χ3n) is 5.29. The number of hydrogen-bond acceptors (Lipinski definition) is 4. The number of amides is 1. The highest BCUT2D eigenvalue weighted by molar-refractivity contribution is 7.89. The minimum absolute atomic E-state index is 0. The molecule has 3 rings (SSSR count). The zero-order chi connectivity index (χ0) is 18.2. The lowest BCUT2D eigenvalue weighted by atomic mass is 9.98. The van der Waals surface area contributed by atoms with Crippen LogP contribution in [-0.4, -0.2) is 44.9 Å². The molecule has 1 aromatic carbocycles. The molecule has 8 heteroatoms. The molecule has 1 saturated carbocycles. The largest absolute Gasteiger partial charge is 0.338 e. The first-order valence-electron chi connectivity index (χ1n) is 8.92. The summed E-state index contributed by atoms with van der Waals surface area (Å²) in [4.78, 5) is 14.7. The fourth-order valence-electron chi connectivity index (χ4n) is 3.79. The molecule has 26 heavy (non-hydrogen) atoms. The molecule has 1 aromatic rings. The summed E-state index contributed by atoms with van der Waals surface area (Å²) in [5, 5.41) is 0. The van der Waals surface area contributed by atoms with Crippen molar-refractivity contribution < 1.29 is 13.2 Å². The Hall–Kier alpha value is -1.15. The standard InChI is InChI=1S/C18H27N3O3S.ClH/c1-12(2)9-20-25(23,24)15-6-3-13(4-7-15)18(22)21-10-14-5-8-17(19)16(14)11-21;/h3-4,6-7,12,14,16-17,20H,5,8-11,19H2,1-2H3;1H. The minimum atomic E-state index is -3.53. The lowest BCUT2D eigenvalue weighted by Gasteiger charge is -2.19. The molecule has 2 aliphatic rings. The fraction of sp³-hybridized carbons (Fsp3) is 0.611. The summed E-state index contributed by atoms with van der Waals surface area (Å²) >= 11 is 0. The molecule has 0 radical (unpaired) electrons. The average Bonchev–Trinajstić information content (AvgIpc) is 3.15. The van der Waals surface area contributed by atoms with Crippen LogP contribution in [0.5, 0.6) is 0 Å². The molecule has 146 valence electrons. The van der Waals surface area contributed by atoms with E-state index in [0.29, 0.717) is 30.5 Å². The Morgan fingerprint density at radius 2 is 1.88 bits per heavy atom. The molecule has 1 aliphatic heterocycles. The van der Waals surface area contributed by atoms with Gasteiger partial charge in [-0.2, -0.15) is 0 Å². The van der Waals surface area contributed by atoms with Crippen LogP contribution in [0.3, 0.4) is 0 Å². The number of nitrogens with one attached hydrogen (secondary N) is 1. The summed E-state index contributed by atoms with van der Waals surface area (Å²) in [6, 6.07) is 6.39. The van der Waals surface area contributed by atoms with Crippen molar-refractivity contribution in [1.29, 1.82) is 0 Å². The maximum atomic E-state index is 12.7. The van der Waals surface area contributed by atoms with Gasteiger partial charge in [-0.25, -0.2) is 13.1 Å². The van der Waals surface area contributed by atoms with Crippen LogP contribution in [0.15, 0.2) is 29.2 Å². The topological polar surface area (TPSA) is 92.5 Å². The van der Waals surface area contributed by atoms with E-state index < -0.39 is 10.0 Å². The third kappa shape index (κ3) is 4.39. The van der Waals surface area contributed by atoms with Gasteiger partial charge in [0.25, 0.3) is 5.91 Å². The number of carbonyl (C=O) groups excluding carboxylic acids is 1. The Bertz CT molecular complexity index is 737. The summed E-state index contributed by atoms with van der Waals surface area (Å²) in [5.41, 5.74) is 6.65. The molecule has 3 unspecified atom stereocenters. The predicted octanol–water partition coefficient (Wildman–Crippen LogP) is 1.85. The second-order valence-corrected chi connectivity index (χ2v) is 9.41. The van der Waals surface area contributed by atoms with Gasteiger partial charge in [0.1, 0.15) is 0 Å². The molecule has 0 bridgehead atoms. The number of likely N-dealkylation sites (tertiary alicyclic amines) is 1. The highest BCUT2D eigenvalue weighted by atomic mass is 35.5. The van der Waals surface area contributed by atoms with Gasteiger partial charge in [-0.1, -0.05) is 13.8 Å². The van der Waals surface area contributed by atoms with Gasteiger partial charge in [-0.15, -0.1) is 12.4 Å². The number of hydrogen-bond donors (Lipinski definition) is 2. The second kappa shape index (κ2) is 8.25. The number of fused-ring (bicyclic) bond motifs is 1. The molecule has 1 heterocycles. The Kier molecular flexibility index (Phi) is 6.71. The van der Waals surface area contributed by atoms with Crippen molar-refractivity contribution >= 4 is 28.3 Å². The van der Waals surface area contributed by atoms with Crippen molar-refractivity contribution in [3.63, 3.8) is 0 Å². The van der Waals surface area contributed by atoms with Crippen LogP contribution in [0.1, 0.15) is 37.0 Å². The van der Waals surface area contributed by atoms with Gasteiger partial charge < -0.3 is 10.6 Å². The van der Waals surface area contributed by atoms with E-state index >= 15 is 0 Å². The van der Waals surface area contributed by atoms with E-state index in [1.165, 1.54) is 12.1 Å². The van der Waals surface area contributed by atoms with Gasteiger partial charge in [-0.3, -0.25) is 4.79 Å². The van der Waals surface area contributed by atoms with Crippen LogP contribution >= 0.6 is 12.4 Å². The quantitative estimate of drug-likeness (QED) is 0.787. The number of benzene rings is 1. The zero-order valence-corrected chi connectivity index (χ0v) is 16.9. The number of nitrogens with zero attached hydrogens (tertiary/aromatic N) is 1. The second-order valence-electron chi connectivity index (χ2n) is 7.65. The van der Waals surface area contributed by atoms with E-state index in [1.807, 2.05) is 18.7 Å². The summed E-state index contributed by atoms with van der Waals surface area (Å²) < 4.78 is 27.0. The Labute approximate surface area is 162 Å². The Morgan fingerprint density at radius 1 is 1.23 bits per heavy atom. The number of nitrogens with two attached hydrogens (primary N) is 1. The highest BCUT2D eigenvalue weighted by Gasteiger charge is 2.42. The minimum Gasteiger partial charge on any atom is -0.338 e. The van der Waals surface area contributed by atoms with Crippen LogP contribution in [0.25, 0.3) is 0 Å². The van der Waals surface area contributed by atoms with Gasteiger partial charge >= 0.3 is 0 Å². The van der Waals surface area contributed by atoms with E-state index in [1.54, 1.807) is 12.1 Å². The predicted molar refractivity (Wildman–Crippen MR) is 104 cm³/mol. The first-order valence-corrected chi connectivity index (χ1v) is 10.4. The lowest BCUT2D eigenvalue weighted by molar-refractivity contribution is 0.0779. The van der Waals surface area contributed by atoms with Gasteiger partial charge in [0.2, 0.25) is 10.0 Å². The first kappa shape index (κ1) is 21.2. The van der Waals surface area contributed by atoms with Crippen LogP contribution in [0.2, 0.25) is 0 Å². The van der Waals surface area contributed by atoms with Crippen molar-refractivity contribution in [1.82, 2.24) is 9.62 Å². The maximum Gasteiger partial charge on any atom is 0.253 e. The summed E-state index contributed by atoms with van der Waals surface area (Å²) in [7, 11) is -3.53. The van der Waals surface area contributed by atoms with E-state index in [0.717, 1.165) is 19.4 Å². The first-order chi connectivity index (χ1) is 11.8. The number of halogens is 1. The van der Waals surface area contributed by atoms with Gasteiger partial charge in [0, 0.05) is 31.2 Å². The Morgan fingerprint density at radius 3 is 2.46 bits per heavy atom. The van der Waals surface area contributed by atoms with Gasteiger partial charge in [-0.05, 0) is 54.9 Å². The highest BCUT2D eigenvalue weighted by Crippen LogP contribution is 2.37. The lowest BCUT2D eigenvalue weighted by Crippen LogP contribution is -2.33. The summed E-state index contributed by atoms with van der Waals surface area (Å²) in [6.45, 7) is 5.75. The van der Waals surface area contributed by atoms with Crippen molar-refractivity contribution in [2.24, 2.45) is 23.5 Å². The normalized spacial score (nSPS) is 25.2. The molecule has 2 fully saturated rings. The molecular formula is C18H28ClN3O3S. The summed E-state index contributed by atoms with van der Waals surface area (Å²) in [5.74, 6) is 1.11. The van der Waals surface area contributed by atoms with Crippen LogP contribution in [0, 0.1) is 17.8 Å². The van der Waals surface area contributed by atoms with E-state index in [4.69, 9.17) is 5.73 Å². The fourth-order valence-corrected chi connectivity index (χ4v) is 5.01. The molecule has 0 spiro atoms. The molecule has 0 aromatic heterocycles. The molecule has 3 N–H and O–H groups in total. The SMILES string of the molecule is CC(C)CNS(=O)(=O)c1ccc(C(=O)N2CC3CCC(N)C3C2)cc1.Cl. The van der Waals surface area contributed by atoms with Crippen molar-refractivity contribution in [2.75, 3.05) is 19.6 Å². The molecule has 1 amide bonds. The Balaban J connectivity index is 0.00000243. The van der Waals surface area contributed by atoms with Gasteiger partial charge in [0.15, 0.2) is 0 Å². The monoisotopic (exact) mass is 401 g/mol. The molecular weight excluding hydrogens is 374 g/mol. The van der Waals surface area contributed by atoms with Crippen LogP contribution in [0.4, 0.5) is 0 Å². The van der Waals surface area contributed by atoms with E-state index in [-0.39, 0.29) is 35.2 Å². The number of sulfonamides is 1.